The molecule has 3 aliphatic rings. The third kappa shape index (κ3) is 30.3. The fraction of sp³-hybridized carbons (Fsp3) is 0.765. The van der Waals surface area contributed by atoms with Crippen molar-refractivity contribution >= 4 is 49.7 Å². The van der Waals surface area contributed by atoms with Crippen LogP contribution in [0.5, 0.6) is 0 Å². The normalized spacial score (nSPS) is 16.2. The van der Waals surface area contributed by atoms with Crippen LogP contribution in [0.4, 0.5) is 19.2 Å². The first-order chi connectivity index (χ1) is 24.0. The second-order valence-corrected chi connectivity index (χ2v) is 11.3. The molecule has 4 amide bonds. The molecule has 0 unspecified atom stereocenters. The van der Waals surface area contributed by atoms with E-state index in [1.165, 1.54) is 44.9 Å². The maximum atomic E-state index is 10.9. The van der Waals surface area contributed by atoms with Crippen molar-refractivity contribution in [2.45, 2.75) is 73.6 Å². The minimum Gasteiger partial charge on any atom is -0.448 e. The van der Waals surface area contributed by atoms with Crippen molar-refractivity contribution in [2.24, 2.45) is 20.0 Å². The number of piperidine rings is 2. The molecule has 0 aliphatic carbocycles. The van der Waals surface area contributed by atoms with Crippen molar-refractivity contribution < 1.29 is 38.1 Å². The number of amides is 4. The van der Waals surface area contributed by atoms with Gasteiger partial charge in [0.15, 0.2) is 0 Å². The highest BCUT2D eigenvalue weighted by Gasteiger charge is 2.11. The Morgan fingerprint density at radius 1 is 0.510 bits per heavy atom. The number of rotatable bonds is 8. The molecule has 0 aromatic rings. The van der Waals surface area contributed by atoms with Crippen LogP contribution in [0.25, 0.3) is 0 Å². The molecule has 51 heavy (non-hydrogen) atoms. The Hall–Kier alpha value is -4.28. The summed E-state index contributed by atoms with van der Waals surface area (Å²) >= 11 is 0. The lowest BCUT2D eigenvalue weighted by Gasteiger charge is -2.30. The van der Waals surface area contributed by atoms with Crippen LogP contribution in [-0.4, -0.2) is 174 Å². The SMILES string of the molecule is C.CCOC(=O)N=CN(C)C.CCOC(=O)N=CN1CCCCC1.CCOC(=O)N=CN1CCCCC1.CCOC(=O)N=CN1CCN(C)CC1. The molecule has 0 bridgehead atoms. The molecule has 17 heteroatoms. The van der Waals surface area contributed by atoms with E-state index in [2.05, 4.69) is 60.7 Å². The number of aliphatic imine (C=N–C) groups is 4. The van der Waals surface area contributed by atoms with Crippen LogP contribution in [0.1, 0.15) is 73.6 Å². The summed E-state index contributed by atoms with van der Waals surface area (Å²) in [6, 6.07) is 0. The third-order valence-corrected chi connectivity index (χ3v) is 6.76. The minimum atomic E-state index is -0.545. The molecule has 3 aliphatic heterocycles. The summed E-state index contributed by atoms with van der Waals surface area (Å²) < 4.78 is 18.5. The number of hydrogen-bond acceptors (Lipinski definition) is 9. The van der Waals surface area contributed by atoms with E-state index in [1.54, 1.807) is 65.7 Å². The lowest BCUT2D eigenvalue weighted by atomic mass is 10.1. The van der Waals surface area contributed by atoms with Crippen molar-refractivity contribution in [3.05, 3.63) is 0 Å². The zero-order chi connectivity index (χ0) is 37.4. The van der Waals surface area contributed by atoms with Crippen LogP contribution in [0.15, 0.2) is 20.0 Å². The summed E-state index contributed by atoms with van der Waals surface area (Å²) in [5, 5.41) is 0. The molecular weight excluding hydrogens is 662 g/mol. The van der Waals surface area contributed by atoms with Crippen molar-refractivity contribution in [1.82, 2.24) is 24.5 Å². The number of likely N-dealkylation sites (N-methyl/N-ethyl adjacent to an activating group) is 1. The van der Waals surface area contributed by atoms with Crippen LogP contribution >= 0.6 is 0 Å². The first-order valence-corrected chi connectivity index (χ1v) is 17.4. The molecule has 0 saturated carbocycles. The predicted octanol–water partition coefficient (Wildman–Crippen LogP) is 5.10. The van der Waals surface area contributed by atoms with Gasteiger partial charge in [-0.3, -0.25) is 0 Å². The molecule has 0 aromatic carbocycles. The van der Waals surface area contributed by atoms with Gasteiger partial charge in [-0.2, -0.15) is 20.0 Å². The quantitative estimate of drug-likeness (QED) is 0.184. The molecule has 3 heterocycles. The monoisotopic (exact) mass is 727 g/mol. The first kappa shape index (κ1) is 48.8. The molecule has 0 N–H and O–H groups in total. The predicted molar refractivity (Wildman–Crippen MR) is 202 cm³/mol. The van der Waals surface area contributed by atoms with Crippen LogP contribution in [0.3, 0.4) is 0 Å². The maximum absolute atomic E-state index is 10.9. The molecule has 0 atom stereocenters. The second-order valence-electron chi connectivity index (χ2n) is 11.3. The zero-order valence-electron chi connectivity index (χ0n) is 31.3. The van der Waals surface area contributed by atoms with Crippen molar-refractivity contribution in [3.63, 3.8) is 0 Å². The van der Waals surface area contributed by atoms with Gasteiger partial charge in [0.2, 0.25) is 0 Å². The lowest BCUT2D eigenvalue weighted by molar-refractivity contribution is 0.162. The smallest absolute Gasteiger partial charge is 0.434 e. The van der Waals surface area contributed by atoms with E-state index in [0.717, 1.165) is 52.4 Å². The second kappa shape index (κ2) is 32.9. The van der Waals surface area contributed by atoms with E-state index in [9.17, 15) is 19.2 Å². The number of likely N-dealkylation sites (tertiary alicyclic amines) is 2. The number of carbonyl (C=O) groups is 4. The molecule has 17 nitrogen and oxygen atoms in total. The number of carbonyl (C=O) groups excluding carboxylic acids is 4. The van der Waals surface area contributed by atoms with Gasteiger partial charge in [0.05, 0.1) is 51.8 Å². The van der Waals surface area contributed by atoms with Gasteiger partial charge in [-0.1, -0.05) is 7.43 Å². The topological polar surface area (TPSA) is 171 Å². The van der Waals surface area contributed by atoms with Crippen LogP contribution < -0.4 is 0 Å². The van der Waals surface area contributed by atoms with Crippen molar-refractivity contribution in [3.8, 4) is 0 Å². The summed E-state index contributed by atoms with van der Waals surface area (Å²) in [6.07, 6.45) is 11.4. The van der Waals surface area contributed by atoms with Gasteiger partial charge in [0, 0.05) is 66.5 Å². The number of piperazine rings is 1. The standard InChI is InChI=1S/C9H17N3O2.2C9H16N2O2.C6H12N2O2.CH4/c1-3-14-9(13)10-8-12-6-4-11(2)5-7-12;2*1-2-13-9(12)10-8-11-6-4-3-5-7-11;1-4-10-6(9)7-5-8(2)3;/h8H,3-7H2,1-2H3;2*8H,2-7H2,1H3;5H,4H2,1-3H3;1H4. The van der Waals surface area contributed by atoms with Gasteiger partial charge in [-0.25, -0.2) is 19.2 Å². The molecule has 294 valence electrons. The molecule has 0 spiro atoms. The van der Waals surface area contributed by atoms with Gasteiger partial charge in [-0.05, 0) is 73.3 Å². The van der Waals surface area contributed by atoms with Crippen molar-refractivity contribution in [1.29, 1.82) is 0 Å². The summed E-state index contributed by atoms with van der Waals surface area (Å²) in [5.74, 6) is 0. The minimum absolute atomic E-state index is 0. The van der Waals surface area contributed by atoms with Gasteiger partial charge < -0.3 is 43.4 Å². The largest absolute Gasteiger partial charge is 0.448 e. The van der Waals surface area contributed by atoms with Crippen molar-refractivity contribution in [2.75, 3.05) is 99.9 Å². The molecular formula is C34H65N9O8. The maximum Gasteiger partial charge on any atom is 0.434 e. The Bertz CT molecular complexity index is 995. The zero-order valence-corrected chi connectivity index (χ0v) is 31.3. The highest BCUT2D eigenvalue weighted by atomic mass is 16.6. The highest BCUT2D eigenvalue weighted by molar-refractivity contribution is 5.79. The Labute approximate surface area is 305 Å². The van der Waals surface area contributed by atoms with Crippen LogP contribution in [0.2, 0.25) is 0 Å². The van der Waals surface area contributed by atoms with Crippen LogP contribution in [-0.2, 0) is 18.9 Å². The summed E-state index contributed by atoms with van der Waals surface area (Å²) in [4.78, 5) is 67.6. The molecule has 0 radical (unpaired) electrons. The Morgan fingerprint density at radius 3 is 1.10 bits per heavy atom. The summed E-state index contributed by atoms with van der Waals surface area (Å²) in [6.45, 7) is 16.4. The average molecular weight is 728 g/mol. The van der Waals surface area contributed by atoms with E-state index < -0.39 is 24.4 Å². The Balaban J connectivity index is 0. The lowest BCUT2D eigenvalue weighted by Crippen LogP contribution is -2.43. The molecule has 3 saturated heterocycles. The third-order valence-electron chi connectivity index (χ3n) is 6.76. The molecule has 0 aromatic heterocycles. The highest BCUT2D eigenvalue weighted by Crippen LogP contribution is 2.07. The number of ether oxygens (including phenoxy) is 4. The summed E-state index contributed by atoms with van der Waals surface area (Å²) in [5.41, 5.74) is 0. The van der Waals surface area contributed by atoms with Gasteiger partial charge in [-0.15, -0.1) is 0 Å². The van der Waals surface area contributed by atoms with Crippen LogP contribution in [0, 0.1) is 0 Å². The number of hydrogen-bond donors (Lipinski definition) is 0. The van der Waals surface area contributed by atoms with Gasteiger partial charge >= 0.3 is 24.4 Å². The molecule has 3 fully saturated rings. The fourth-order valence-electron chi connectivity index (χ4n) is 4.20. The van der Waals surface area contributed by atoms with E-state index in [1.807, 2.05) is 4.90 Å². The average Bonchev–Trinajstić information content (AvgIpc) is 3.11. The van der Waals surface area contributed by atoms with Gasteiger partial charge in [0.1, 0.15) is 0 Å². The Kier molecular flexibility index (Phi) is 31.5. The Morgan fingerprint density at radius 2 is 0.804 bits per heavy atom. The van der Waals surface area contributed by atoms with Gasteiger partial charge in [0.25, 0.3) is 0 Å². The van der Waals surface area contributed by atoms with E-state index in [0.29, 0.717) is 26.4 Å². The fourth-order valence-corrected chi connectivity index (χ4v) is 4.20. The van der Waals surface area contributed by atoms with E-state index in [-0.39, 0.29) is 7.43 Å². The van der Waals surface area contributed by atoms with E-state index >= 15 is 0 Å². The summed E-state index contributed by atoms with van der Waals surface area (Å²) in [7, 11) is 5.64. The van der Waals surface area contributed by atoms with E-state index in [4.69, 9.17) is 0 Å². The first-order valence-electron chi connectivity index (χ1n) is 17.4. The number of nitrogens with zero attached hydrogens (tertiary/aromatic N) is 9. The molecule has 3 rings (SSSR count).